The Morgan fingerprint density at radius 3 is 2.50 bits per heavy atom. The zero-order chi connectivity index (χ0) is 15.2. The molecule has 2 N–H and O–H groups in total. The molecule has 0 bridgehead atoms. The van der Waals surface area contributed by atoms with Crippen molar-refractivity contribution in [1.29, 1.82) is 0 Å². The average molecular weight is 299 g/mol. The summed E-state index contributed by atoms with van der Waals surface area (Å²) < 4.78 is 23.8. The van der Waals surface area contributed by atoms with E-state index in [9.17, 15) is 18.0 Å². The lowest BCUT2D eigenvalue weighted by atomic mass is 10.2. The molecule has 0 aliphatic carbocycles. The summed E-state index contributed by atoms with van der Waals surface area (Å²) in [6.07, 6.45) is 0.249. The molecule has 20 heavy (non-hydrogen) atoms. The summed E-state index contributed by atoms with van der Waals surface area (Å²) in [5, 5.41) is 11.0. The minimum Gasteiger partial charge on any atom is -0.481 e. The maximum absolute atomic E-state index is 11.9. The fourth-order valence-corrected chi connectivity index (χ4v) is 2.71. The summed E-state index contributed by atoms with van der Waals surface area (Å²) in [6.45, 7) is 1.70. The van der Waals surface area contributed by atoms with E-state index in [0.29, 0.717) is 6.42 Å². The molecule has 0 aliphatic heterocycles. The fourth-order valence-electron chi connectivity index (χ4n) is 1.62. The second kappa shape index (κ2) is 7.04. The van der Waals surface area contributed by atoms with Crippen molar-refractivity contribution in [3.8, 4) is 0 Å². The van der Waals surface area contributed by atoms with E-state index in [2.05, 4.69) is 5.32 Å². The van der Waals surface area contributed by atoms with Crippen molar-refractivity contribution in [3.63, 3.8) is 0 Å². The van der Waals surface area contributed by atoms with Crippen molar-refractivity contribution in [2.75, 3.05) is 12.3 Å². The van der Waals surface area contributed by atoms with E-state index in [0.717, 1.165) is 0 Å². The van der Waals surface area contributed by atoms with Gasteiger partial charge in [0.1, 0.15) is 0 Å². The number of nitrogens with one attached hydrogen (secondary N) is 1. The molecule has 0 aliphatic rings. The lowest BCUT2D eigenvalue weighted by Crippen LogP contribution is -2.26. The first kappa shape index (κ1) is 16.2. The van der Waals surface area contributed by atoms with Crippen LogP contribution in [0, 0.1) is 0 Å². The van der Waals surface area contributed by atoms with Gasteiger partial charge in [-0.15, -0.1) is 0 Å². The lowest BCUT2D eigenvalue weighted by molar-refractivity contribution is -0.137. The van der Waals surface area contributed by atoms with E-state index >= 15 is 0 Å². The first-order valence-electron chi connectivity index (χ1n) is 6.20. The van der Waals surface area contributed by atoms with Gasteiger partial charge in [-0.1, -0.05) is 19.1 Å². The van der Waals surface area contributed by atoms with Crippen molar-refractivity contribution in [3.05, 3.63) is 29.8 Å². The van der Waals surface area contributed by atoms with Crippen LogP contribution < -0.4 is 5.32 Å². The van der Waals surface area contributed by atoms with Crippen LogP contribution >= 0.6 is 0 Å². The molecule has 0 spiro atoms. The zero-order valence-electron chi connectivity index (χ0n) is 11.1. The van der Waals surface area contributed by atoms with E-state index < -0.39 is 21.7 Å². The summed E-state index contributed by atoms with van der Waals surface area (Å²) in [7, 11) is -3.47. The van der Waals surface area contributed by atoms with E-state index in [1.807, 2.05) is 0 Å². The van der Waals surface area contributed by atoms with E-state index in [4.69, 9.17) is 5.11 Å². The first-order valence-corrected chi connectivity index (χ1v) is 7.85. The molecule has 0 saturated heterocycles. The number of aliphatic carboxylic acids is 1. The number of sulfone groups is 1. The van der Waals surface area contributed by atoms with Crippen LogP contribution in [0.25, 0.3) is 0 Å². The molecule has 0 atom stereocenters. The first-order chi connectivity index (χ1) is 9.38. The predicted octanol–water partition coefficient (Wildman–Crippen LogP) is 1.07. The third kappa shape index (κ3) is 4.34. The highest BCUT2D eigenvalue weighted by molar-refractivity contribution is 7.91. The predicted molar refractivity (Wildman–Crippen MR) is 73.4 cm³/mol. The smallest absolute Gasteiger partial charge is 0.303 e. The molecule has 1 amide bonds. The number of carboxylic acid groups (broad SMARTS) is 1. The monoisotopic (exact) mass is 299 g/mol. The van der Waals surface area contributed by atoms with E-state index in [-0.39, 0.29) is 29.2 Å². The molecule has 0 unspecified atom stereocenters. The van der Waals surface area contributed by atoms with Gasteiger partial charge in [0.2, 0.25) is 0 Å². The summed E-state index contributed by atoms with van der Waals surface area (Å²) in [5.74, 6) is -1.53. The van der Waals surface area contributed by atoms with Crippen molar-refractivity contribution >= 4 is 21.7 Å². The molecule has 0 radical (unpaired) electrons. The fraction of sp³-hybridized carbons (Fsp3) is 0.385. The van der Waals surface area contributed by atoms with Crippen LogP contribution in [0.4, 0.5) is 0 Å². The van der Waals surface area contributed by atoms with E-state index in [1.54, 1.807) is 12.1 Å². The molecular weight excluding hydrogens is 282 g/mol. The van der Waals surface area contributed by atoms with Gasteiger partial charge in [0.15, 0.2) is 9.84 Å². The van der Waals surface area contributed by atoms with Crippen LogP contribution in [0.2, 0.25) is 0 Å². The van der Waals surface area contributed by atoms with Gasteiger partial charge in [-0.2, -0.15) is 0 Å². The largest absolute Gasteiger partial charge is 0.481 e. The number of hydrogen-bond donors (Lipinski definition) is 2. The van der Waals surface area contributed by atoms with Gasteiger partial charge in [-0.3, -0.25) is 9.59 Å². The van der Waals surface area contributed by atoms with Gasteiger partial charge in [0.25, 0.3) is 5.91 Å². The summed E-state index contributed by atoms with van der Waals surface area (Å²) in [6, 6.07) is 5.98. The Morgan fingerprint density at radius 1 is 1.25 bits per heavy atom. The molecule has 0 heterocycles. The highest BCUT2D eigenvalue weighted by Gasteiger charge is 2.20. The van der Waals surface area contributed by atoms with Crippen LogP contribution in [0.3, 0.4) is 0 Å². The number of amides is 1. The molecule has 1 rings (SSSR count). The highest BCUT2D eigenvalue weighted by atomic mass is 32.2. The molecule has 1 aromatic rings. The number of hydrogen-bond acceptors (Lipinski definition) is 4. The maximum atomic E-state index is 11.9. The Hall–Kier alpha value is -1.89. The number of carbonyl (C=O) groups is 2. The molecule has 1 aromatic carbocycles. The van der Waals surface area contributed by atoms with Gasteiger partial charge in [0, 0.05) is 13.0 Å². The minimum atomic E-state index is -3.47. The summed E-state index contributed by atoms with van der Waals surface area (Å²) in [5.41, 5.74) is 0.0877. The van der Waals surface area contributed by atoms with Gasteiger partial charge in [-0.25, -0.2) is 8.42 Å². The second-order valence-corrected chi connectivity index (χ2v) is 6.40. The molecule has 0 saturated carbocycles. The standard InChI is InChI=1S/C13H17NO5S/c1-2-20(18,19)11-7-4-3-6-10(11)13(17)14-9-5-8-12(15)16/h3-4,6-7H,2,5,8-9H2,1H3,(H,14,17)(H,15,16). The van der Waals surface area contributed by atoms with Crippen LogP contribution in [0.15, 0.2) is 29.2 Å². The average Bonchev–Trinajstić information content (AvgIpc) is 2.43. The van der Waals surface area contributed by atoms with Crippen molar-refractivity contribution in [2.45, 2.75) is 24.7 Å². The maximum Gasteiger partial charge on any atom is 0.303 e. The van der Waals surface area contributed by atoms with Crippen molar-refractivity contribution < 1.29 is 23.1 Å². The second-order valence-electron chi connectivity index (χ2n) is 4.15. The number of carbonyl (C=O) groups excluding carboxylic acids is 1. The van der Waals surface area contributed by atoms with Crippen molar-refractivity contribution in [2.24, 2.45) is 0 Å². The molecule has 0 aromatic heterocycles. The van der Waals surface area contributed by atoms with Gasteiger partial charge in [-0.05, 0) is 18.6 Å². The van der Waals surface area contributed by atoms with E-state index in [1.165, 1.54) is 19.1 Å². The van der Waals surface area contributed by atoms with Crippen LogP contribution in [0.5, 0.6) is 0 Å². The SMILES string of the molecule is CCS(=O)(=O)c1ccccc1C(=O)NCCCC(=O)O. The number of rotatable bonds is 7. The Kier molecular flexibility index (Phi) is 5.69. The van der Waals surface area contributed by atoms with Crippen LogP contribution in [0.1, 0.15) is 30.1 Å². The molecular formula is C13H17NO5S. The molecule has 0 fully saturated rings. The van der Waals surface area contributed by atoms with Crippen LogP contribution in [-0.2, 0) is 14.6 Å². The Balaban J connectivity index is 2.81. The van der Waals surface area contributed by atoms with Crippen molar-refractivity contribution in [1.82, 2.24) is 5.32 Å². The summed E-state index contributed by atoms with van der Waals surface area (Å²) in [4.78, 5) is 22.3. The Labute approximate surface area is 117 Å². The van der Waals surface area contributed by atoms with Gasteiger partial charge in [0.05, 0.1) is 16.2 Å². The topological polar surface area (TPSA) is 101 Å². The van der Waals surface area contributed by atoms with Gasteiger partial charge >= 0.3 is 5.97 Å². The Bertz CT molecular complexity index is 595. The normalized spacial score (nSPS) is 11.1. The molecule has 7 heteroatoms. The molecule has 6 nitrogen and oxygen atoms in total. The number of benzene rings is 1. The third-order valence-electron chi connectivity index (χ3n) is 2.70. The van der Waals surface area contributed by atoms with Crippen LogP contribution in [-0.4, -0.2) is 37.7 Å². The third-order valence-corrected chi connectivity index (χ3v) is 4.49. The minimum absolute atomic E-state index is 0.00163. The zero-order valence-corrected chi connectivity index (χ0v) is 11.9. The lowest BCUT2D eigenvalue weighted by Gasteiger charge is -2.09. The highest BCUT2D eigenvalue weighted by Crippen LogP contribution is 2.16. The molecule has 110 valence electrons. The summed E-state index contributed by atoms with van der Waals surface area (Å²) >= 11 is 0. The van der Waals surface area contributed by atoms with Gasteiger partial charge < -0.3 is 10.4 Å². The number of carboxylic acids is 1. The quantitative estimate of drug-likeness (QED) is 0.734. The Morgan fingerprint density at radius 2 is 1.90 bits per heavy atom.